The summed E-state index contributed by atoms with van der Waals surface area (Å²) in [5, 5.41) is 54.1. The standard InChI is InChI=1S/C62H111NO10/c1-3-5-7-9-11-13-29-34-38-42-46-50-58(67)71-51-47-43-39-35-31-28-26-24-22-20-18-16-14-15-17-19-21-23-25-27-30-33-37-41-45-49-57(66)63-54(55(65)48-44-40-36-32-12-10-8-6-4-2)53-72-62-61(70)60(69)59(68)56(52-64)73-62/h9,11-12,15-18,32,44,48,54-56,59-62,64-65,68-70H,3-8,10,13-14,19-31,33-43,45-47,49-53H2,1-2H3,(H,63,66)/b11-9-,17-15-,18-16-,32-12+,48-44+. The van der Waals surface area contributed by atoms with Crippen molar-refractivity contribution in [2.75, 3.05) is 19.8 Å². The second-order valence-electron chi connectivity index (χ2n) is 20.7. The van der Waals surface area contributed by atoms with Gasteiger partial charge in [0.05, 0.1) is 32.0 Å². The highest BCUT2D eigenvalue weighted by molar-refractivity contribution is 5.76. The van der Waals surface area contributed by atoms with Crippen LogP contribution < -0.4 is 5.32 Å². The van der Waals surface area contributed by atoms with E-state index in [4.69, 9.17) is 14.2 Å². The van der Waals surface area contributed by atoms with Gasteiger partial charge in [0.15, 0.2) is 6.29 Å². The predicted molar refractivity (Wildman–Crippen MR) is 301 cm³/mol. The molecule has 1 saturated heterocycles. The fourth-order valence-electron chi connectivity index (χ4n) is 8.99. The van der Waals surface area contributed by atoms with Gasteiger partial charge in [-0.2, -0.15) is 0 Å². The van der Waals surface area contributed by atoms with Gasteiger partial charge in [-0.15, -0.1) is 0 Å². The second kappa shape index (κ2) is 51.5. The van der Waals surface area contributed by atoms with Crippen molar-refractivity contribution >= 4 is 11.9 Å². The van der Waals surface area contributed by atoms with E-state index < -0.39 is 49.5 Å². The largest absolute Gasteiger partial charge is 0.466 e. The molecule has 7 unspecified atom stereocenters. The zero-order valence-electron chi connectivity index (χ0n) is 46.6. The smallest absolute Gasteiger partial charge is 0.305 e. The van der Waals surface area contributed by atoms with E-state index in [-0.39, 0.29) is 18.5 Å². The predicted octanol–water partition coefficient (Wildman–Crippen LogP) is 13.8. The molecule has 0 aliphatic carbocycles. The van der Waals surface area contributed by atoms with Crippen LogP contribution in [0.1, 0.15) is 258 Å². The van der Waals surface area contributed by atoms with Crippen molar-refractivity contribution in [3.63, 3.8) is 0 Å². The summed E-state index contributed by atoms with van der Waals surface area (Å²) in [7, 11) is 0. The van der Waals surface area contributed by atoms with E-state index in [9.17, 15) is 35.1 Å². The first-order valence-corrected chi connectivity index (χ1v) is 30.1. The van der Waals surface area contributed by atoms with Gasteiger partial charge in [-0.1, -0.05) is 209 Å². The number of esters is 1. The Labute approximate surface area is 446 Å². The highest BCUT2D eigenvalue weighted by atomic mass is 16.7. The van der Waals surface area contributed by atoms with Crippen LogP contribution in [0.25, 0.3) is 0 Å². The Bertz CT molecular complexity index is 1400. The number of aliphatic hydroxyl groups excluding tert-OH is 5. The molecule has 0 radical (unpaired) electrons. The molecular formula is C62H111NO10. The number of hydrogen-bond donors (Lipinski definition) is 6. The molecule has 1 aliphatic heterocycles. The molecule has 0 spiro atoms. The van der Waals surface area contributed by atoms with Gasteiger partial charge in [0.2, 0.25) is 5.91 Å². The van der Waals surface area contributed by atoms with Gasteiger partial charge in [-0.05, 0) is 96.3 Å². The maximum atomic E-state index is 13.0. The summed E-state index contributed by atoms with van der Waals surface area (Å²) >= 11 is 0. The van der Waals surface area contributed by atoms with Crippen molar-refractivity contribution in [1.82, 2.24) is 5.32 Å². The first kappa shape index (κ1) is 68.4. The fourth-order valence-corrected chi connectivity index (χ4v) is 8.99. The minimum absolute atomic E-state index is 0.0140. The van der Waals surface area contributed by atoms with E-state index in [2.05, 4.69) is 67.8 Å². The van der Waals surface area contributed by atoms with Crippen molar-refractivity contribution in [2.24, 2.45) is 0 Å². The van der Waals surface area contributed by atoms with Gasteiger partial charge in [-0.25, -0.2) is 0 Å². The summed E-state index contributed by atoms with van der Waals surface area (Å²) in [6.45, 7) is 4.22. The van der Waals surface area contributed by atoms with Gasteiger partial charge in [-0.3, -0.25) is 9.59 Å². The molecule has 11 heteroatoms. The van der Waals surface area contributed by atoms with Crippen molar-refractivity contribution in [1.29, 1.82) is 0 Å². The Morgan fingerprint density at radius 1 is 0.507 bits per heavy atom. The molecule has 1 rings (SSSR count). The zero-order chi connectivity index (χ0) is 53.1. The minimum atomic E-state index is -1.58. The van der Waals surface area contributed by atoms with Gasteiger partial charge >= 0.3 is 5.97 Å². The molecule has 1 fully saturated rings. The van der Waals surface area contributed by atoms with Gasteiger partial charge in [0, 0.05) is 12.8 Å². The van der Waals surface area contributed by atoms with Crippen molar-refractivity contribution in [3.05, 3.63) is 60.8 Å². The molecule has 1 amide bonds. The normalized spacial score (nSPS) is 19.4. The zero-order valence-corrected chi connectivity index (χ0v) is 46.6. The van der Waals surface area contributed by atoms with Crippen LogP contribution in [0.15, 0.2) is 60.8 Å². The lowest BCUT2D eigenvalue weighted by Crippen LogP contribution is -2.60. The van der Waals surface area contributed by atoms with Crippen LogP contribution in [0, 0.1) is 0 Å². The number of allylic oxidation sites excluding steroid dienone is 9. The Morgan fingerprint density at radius 3 is 1.48 bits per heavy atom. The molecule has 0 bridgehead atoms. The first-order valence-electron chi connectivity index (χ1n) is 30.1. The molecular weight excluding hydrogens is 919 g/mol. The quantitative estimate of drug-likeness (QED) is 0.0195. The van der Waals surface area contributed by atoms with Crippen LogP contribution in [0.4, 0.5) is 0 Å². The SMILES string of the molecule is CCCC/C=C\CCCCCCCC(=O)OCCCCCCCCCCC/C=C\C/C=C\CCCCCCCCCCCC(=O)NC(COC1OC(CO)C(O)C(O)C1O)C(O)/C=C/CC/C=C/CCCCC. The molecule has 7 atom stereocenters. The number of hydrogen-bond acceptors (Lipinski definition) is 10. The molecule has 6 N–H and O–H groups in total. The van der Waals surface area contributed by atoms with Crippen LogP contribution in [-0.4, -0.2) is 100 Å². The van der Waals surface area contributed by atoms with Crippen LogP contribution in [0.5, 0.6) is 0 Å². The van der Waals surface area contributed by atoms with E-state index >= 15 is 0 Å². The Hall–Kier alpha value is -2.64. The van der Waals surface area contributed by atoms with Gasteiger partial charge < -0.3 is 45.1 Å². The van der Waals surface area contributed by atoms with Crippen molar-refractivity contribution < 1.29 is 49.3 Å². The molecule has 0 aromatic rings. The Kier molecular flexibility index (Phi) is 48.2. The molecule has 11 nitrogen and oxygen atoms in total. The van der Waals surface area contributed by atoms with E-state index in [1.807, 2.05) is 6.08 Å². The molecule has 1 aliphatic rings. The summed E-state index contributed by atoms with van der Waals surface area (Å²) in [6.07, 6.45) is 56.3. The van der Waals surface area contributed by atoms with Crippen LogP contribution >= 0.6 is 0 Å². The lowest BCUT2D eigenvalue weighted by molar-refractivity contribution is -0.302. The summed E-state index contributed by atoms with van der Waals surface area (Å²) in [6, 6.07) is -0.832. The number of nitrogens with one attached hydrogen (secondary N) is 1. The van der Waals surface area contributed by atoms with Crippen LogP contribution in [-0.2, 0) is 23.8 Å². The summed E-state index contributed by atoms with van der Waals surface area (Å²) in [5.74, 6) is -0.216. The van der Waals surface area contributed by atoms with E-state index in [1.165, 1.54) is 148 Å². The van der Waals surface area contributed by atoms with E-state index in [1.54, 1.807) is 6.08 Å². The molecule has 424 valence electrons. The topological polar surface area (TPSA) is 175 Å². The van der Waals surface area contributed by atoms with E-state index in [0.29, 0.717) is 19.4 Å². The fraction of sp³-hybridized carbons (Fsp3) is 0.806. The number of ether oxygens (including phenoxy) is 3. The maximum absolute atomic E-state index is 13.0. The van der Waals surface area contributed by atoms with Gasteiger partial charge in [0.1, 0.15) is 24.4 Å². The van der Waals surface area contributed by atoms with Crippen LogP contribution in [0.2, 0.25) is 0 Å². The number of aliphatic hydroxyl groups is 5. The maximum Gasteiger partial charge on any atom is 0.305 e. The van der Waals surface area contributed by atoms with E-state index in [0.717, 1.165) is 83.5 Å². The Morgan fingerprint density at radius 2 is 0.945 bits per heavy atom. The average molecular weight is 1030 g/mol. The highest BCUT2D eigenvalue weighted by Gasteiger charge is 2.44. The summed E-state index contributed by atoms with van der Waals surface area (Å²) < 4.78 is 16.6. The summed E-state index contributed by atoms with van der Waals surface area (Å²) in [5.41, 5.74) is 0. The third-order valence-electron chi connectivity index (χ3n) is 13.8. The summed E-state index contributed by atoms with van der Waals surface area (Å²) in [4.78, 5) is 25.0. The first-order chi connectivity index (χ1) is 35.7. The third-order valence-corrected chi connectivity index (χ3v) is 13.8. The number of unbranched alkanes of at least 4 members (excludes halogenated alkanes) is 29. The second-order valence-corrected chi connectivity index (χ2v) is 20.7. The average Bonchev–Trinajstić information content (AvgIpc) is 3.39. The lowest BCUT2D eigenvalue weighted by Gasteiger charge is -2.40. The molecule has 0 aromatic heterocycles. The number of carbonyl (C=O) groups excluding carboxylic acids is 2. The number of rotatable bonds is 51. The molecule has 0 saturated carbocycles. The highest BCUT2D eigenvalue weighted by Crippen LogP contribution is 2.23. The van der Waals surface area contributed by atoms with Gasteiger partial charge in [0.25, 0.3) is 0 Å². The number of amides is 1. The molecule has 0 aromatic carbocycles. The molecule has 73 heavy (non-hydrogen) atoms. The van der Waals surface area contributed by atoms with Crippen molar-refractivity contribution in [3.8, 4) is 0 Å². The van der Waals surface area contributed by atoms with Crippen molar-refractivity contribution in [2.45, 2.75) is 301 Å². The minimum Gasteiger partial charge on any atom is -0.466 e. The lowest BCUT2D eigenvalue weighted by atomic mass is 9.99. The van der Waals surface area contributed by atoms with Crippen LogP contribution in [0.3, 0.4) is 0 Å². The molecule has 1 heterocycles. The monoisotopic (exact) mass is 1030 g/mol. The number of carbonyl (C=O) groups is 2. The Balaban J connectivity index is 2.03. The third kappa shape index (κ3) is 41.2.